The number of phenols is 1. The van der Waals surface area contributed by atoms with Crippen molar-refractivity contribution >= 4 is 21.9 Å². The molecule has 0 aromatic heterocycles. The number of carbonyl (C=O) groups is 2. The first kappa shape index (κ1) is 19.7. The zero-order valence-corrected chi connectivity index (χ0v) is 16.2. The third kappa shape index (κ3) is 3.53. The van der Waals surface area contributed by atoms with Gasteiger partial charge in [-0.2, -0.15) is 8.42 Å². The van der Waals surface area contributed by atoms with E-state index in [1.54, 1.807) is 32.9 Å². The second-order valence-corrected chi connectivity index (χ2v) is 8.64. The van der Waals surface area contributed by atoms with Crippen LogP contribution in [-0.2, 0) is 10.1 Å². The number of aromatic carboxylic acids is 1. The molecular weight excluding hydrogens is 388 g/mol. The van der Waals surface area contributed by atoms with Crippen LogP contribution in [0, 0.1) is 6.92 Å². The van der Waals surface area contributed by atoms with E-state index >= 15 is 0 Å². The number of ether oxygens (including phenoxy) is 1. The molecule has 1 heterocycles. The van der Waals surface area contributed by atoms with E-state index in [1.165, 1.54) is 12.1 Å². The molecule has 0 saturated carbocycles. The van der Waals surface area contributed by atoms with Crippen molar-refractivity contribution < 1.29 is 37.1 Å². The van der Waals surface area contributed by atoms with Crippen LogP contribution in [0.1, 0.15) is 46.5 Å². The summed E-state index contributed by atoms with van der Waals surface area (Å²) in [4.78, 5) is 23.8. The van der Waals surface area contributed by atoms with Crippen LogP contribution in [0.25, 0.3) is 0 Å². The van der Waals surface area contributed by atoms with Crippen LogP contribution >= 0.6 is 0 Å². The fourth-order valence-corrected chi connectivity index (χ4v) is 3.86. The predicted octanol–water partition coefficient (Wildman–Crippen LogP) is 2.91. The third-order valence-electron chi connectivity index (χ3n) is 4.20. The van der Waals surface area contributed by atoms with E-state index < -0.39 is 44.5 Å². The molecule has 3 rings (SSSR count). The summed E-state index contributed by atoms with van der Waals surface area (Å²) >= 11 is 0. The highest BCUT2D eigenvalue weighted by atomic mass is 32.2. The monoisotopic (exact) mass is 406 g/mol. The number of carboxylic acids is 1. The highest BCUT2D eigenvalue weighted by Crippen LogP contribution is 2.44. The summed E-state index contributed by atoms with van der Waals surface area (Å²) in [6.45, 7) is 5.05. The minimum absolute atomic E-state index is 0.0749. The van der Waals surface area contributed by atoms with E-state index in [0.29, 0.717) is 0 Å². The number of carboxylic acid groups (broad SMARTS) is 1. The van der Waals surface area contributed by atoms with Crippen molar-refractivity contribution in [2.45, 2.75) is 37.7 Å². The van der Waals surface area contributed by atoms with Gasteiger partial charge in [0.05, 0.1) is 6.42 Å². The molecule has 1 aliphatic heterocycles. The molecule has 0 spiro atoms. The van der Waals surface area contributed by atoms with Gasteiger partial charge in [-0.3, -0.25) is 4.79 Å². The van der Waals surface area contributed by atoms with Gasteiger partial charge in [0.15, 0.2) is 11.5 Å². The fourth-order valence-electron chi connectivity index (χ4n) is 2.92. The Morgan fingerprint density at radius 2 is 1.82 bits per heavy atom. The Kier molecular flexibility index (Phi) is 4.58. The van der Waals surface area contributed by atoms with Crippen LogP contribution in [0.3, 0.4) is 0 Å². The minimum Gasteiger partial charge on any atom is -0.506 e. The Hall–Kier alpha value is -3.07. The number of fused-ring (bicyclic) bond motifs is 1. The molecule has 148 valence electrons. The molecule has 1 aliphatic rings. The molecule has 2 aromatic rings. The van der Waals surface area contributed by atoms with Crippen molar-refractivity contribution in [3.8, 4) is 17.2 Å². The first-order chi connectivity index (χ1) is 12.9. The maximum absolute atomic E-state index is 12.6. The van der Waals surface area contributed by atoms with Gasteiger partial charge in [0.1, 0.15) is 33.1 Å². The average molecular weight is 406 g/mol. The van der Waals surface area contributed by atoms with Crippen molar-refractivity contribution in [3.63, 3.8) is 0 Å². The lowest BCUT2D eigenvalue weighted by Gasteiger charge is -2.32. The lowest BCUT2D eigenvalue weighted by Crippen LogP contribution is -2.36. The lowest BCUT2D eigenvalue weighted by atomic mass is 9.91. The van der Waals surface area contributed by atoms with Crippen LogP contribution in [0.2, 0.25) is 0 Å². The first-order valence-corrected chi connectivity index (χ1v) is 9.69. The maximum atomic E-state index is 12.6. The van der Waals surface area contributed by atoms with Gasteiger partial charge in [0, 0.05) is 6.07 Å². The van der Waals surface area contributed by atoms with Gasteiger partial charge in [-0.25, -0.2) is 4.79 Å². The zero-order chi connectivity index (χ0) is 20.9. The lowest BCUT2D eigenvalue weighted by molar-refractivity contribution is 0.0612. The van der Waals surface area contributed by atoms with Crippen molar-refractivity contribution in [1.29, 1.82) is 0 Å². The predicted molar refractivity (Wildman–Crippen MR) is 97.7 cm³/mol. The number of aromatic hydroxyl groups is 1. The number of ketones is 1. The highest BCUT2D eigenvalue weighted by Gasteiger charge is 2.38. The van der Waals surface area contributed by atoms with Gasteiger partial charge in [-0.1, -0.05) is 17.7 Å². The van der Waals surface area contributed by atoms with Crippen molar-refractivity contribution in [1.82, 2.24) is 0 Å². The van der Waals surface area contributed by atoms with E-state index in [2.05, 4.69) is 0 Å². The third-order valence-corrected chi connectivity index (χ3v) is 5.45. The smallest absolute Gasteiger partial charge is 0.343 e. The topological polar surface area (TPSA) is 127 Å². The standard InChI is InChI=1S/C19H18O8S/c1-10-4-6-11(7-5-10)28(24,25)27-14-8-13-15(17(21)16(14)18(22)23)12(20)9-19(2,3)26-13/h4-8,21H,9H2,1-3H3,(H,22,23). The molecule has 0 aliphatic carbocycles. The Balaban J connectivity index is 2.15. The summed E-state index contributed by atoms with van der Waals surface area (Å²) in [7, 11) is -4.39. The SMILES string of the molecule is Cc1ccc(S(=O)(=O)Oc2cc3c(c(O)c2C(=O)O)C(=O)CC(C)(C)O3)cc1. The maximum Gasteiger partial charge on any atom is 0.343 e. The van der Waals surface area contributed by atoms with Gasteiger partial charge in [-0.15, -0.1) is 0 Å². The van der Waals surface area contributed by atoms with Crippen LogP contribution in [0.4, 0.5) is 0 Å². The van der Waals surface area contributed by atoms with Crippen LogP contribution in [-0.4, -0.2) is 36.0 Å². The normalized spacial score (nSPS) is 15.5. The molecule has 0 amide bonds. The van der Waals surface area contributed by atoms with Gasteiger partial charge in [0.2, 0.25) is 0 Å². The molecule has 9 heteroatoms. The molecule has 2 aromatic carbocycles. The van der Waals surface area contributed by atoms with Crippen molar-refractivity contribution in [3.05, 3.63) is 47.0 Å². The number of hydrogen-bond acceptors (Lipinski definition) is 7. The summed E-state index contributed by atoms with van der Waals surface area (Å²) in [5.74, 6) is -3.83. The van der Waals surface area contributed by atoms with Crippen molar-refractivity contribution in [2.75, 3.05) is 0 Å². The van der Waals surface area contributed by atoms with Gasteiger partial charge >= 0.3 is 16.1 Å². The van der Waals surface area contributed by atoms with E-state index in [1.807, 2.05) is 0 Å². The number of carbonyl (C=O) groups excluding carboxylic acids is 1. The van der Waals surface area contributed by atoms with Crippen molar-refractivity contribution in [2.24, 2.45) is 0 Å². The summed E-state index contributed by atoms with van der Waals surface area (Å²) in [6.07, 6.45) is -0.0749. The van der Waals surface area contributed by atoms with Crippen LogP contribution in [0.5, 0.6) is 17.2 Å². The number of hydrogen-bond donors (Lipinski definition) is 2. The Labute approximate surface area is 161 Å². The van der Waals surface area contributed by atoms with Crippen LogP contribution in [0.15, 0.2) is 35.2 Å². The molecular formula is C19H18O8S. The van der Waals surface area contributed by atoms with Gasteiger partial charge in [0.25, 0.3) is 0 Å². The molecule has 0 fully saturated rings. The minimum atomic E-state index is -4.39. The second kappa shape index (κ2) is 6.52. The molecule has 0 bridgehead atoms. The molecule has 0 saturated heterocycles. The Bertz CT molecular complexity index is 1080. The molecule has 8 nitrogen and oxygen atoms in total. The number of rotatable bonds is 4. The largest absolute Gasteiger partial charge is 0.506 e. The Morgan fingerprint density at radius 3 is 2.39 bits per heavy atom. The molecule has 28 heavy (non-hydrogen) atoms. The first-order valence-electron chi connectivity index (χ1n) is 8.28. The summed E-state index contributed by atoms with van der Waals surface area (Å²) < 4.78 is 35.8. The number of benzene rings is 2. The van der Waals surface area contributed by atoms with Gasteiger partial charge < -0.3 is 19.1 Å². The van der Waals surface area contributed by atoms with E-state index in [4.69, 9.17) is 8.92 Å². The van der Waals surface area contributed by atoms with Gasteiger partial charge in [-0.05, 0) is 32.9 Å². The highest BCUT2D eigenvalue weighted by molar-refractivity contribution is 7.87. The summed E-state index contributed by atoms with van der Waals surface area (Å²) in [5, 5.41) is 19.8. The molecule has 0 unspecified atom stereocenters. The zero-order valence-electron chi connectivity index (χ0n) is 15.3. The molecule has 2 N–H and O–H groups in total. The Morgan fingerprint density at radius 1 is 1.21 bits per heavy atom. The quantitative estimate of drug-likeness (QED) is 0.742. The van der Waals surface area contributed by atoms with Crippen LogP contribution < -0.4 is 8.92 Å². The number of Topliss-reactive ketones (excluding diaryl/α,β-unsaturated/α-hetero) is 1. The second-order valence-electron chi connectivity index (χ2n) is 7.09. The molecule has 0 radical (unpaired) electrons. The molecule has 0 atom stereocenters. The van der Waals surface area contributed by atoms with E-state index in [9.17, 15) is 28.2 Å². The summed E-state index contributed by atoms with van der Waals surface area (Å²) in [5.41, 5.74) is -1.22. The summed E-state index contributed by atoms with van der Waals surface area (Å²) in [6, 6.07) is 6.74. The van der Waals surface area contributed by atoms with E-state index in [0.717, 1.165) is 11.6 Å². The van der Waals surface area contributed by atoms with E-state index in [-0.39, 0.29) is 22.6 Å². The average Bonchev–Trinajstić information content (AvgIpc) is 2.52. The number of aryl methyl sites for hydroxylation is 1. The fraction of sp³-hybridized carbons (Fsp3) is 0.263.